The number of nitrogens with zero attached hydrogens (tertiary/aromatic N) is 1. The fourth-order valence-corrected chi connectivity index (χ4v) is 1.74. The molecule has 18 heavy (non-hydrogen) atoms. The maximum absolute atomic E-state index is 6.08. The third-order valence-corrected chi connectivity index (χ3v) is 2.87. The largest absolute Gasteiger partial charge is 0.455 e. The summed E-state index contributed by atoms with van der Waals surface area (Å²) in [4.78, 5) is 4.21. The molecule has 0 aliphatic heterocycles. The normalized spacial score (nSPS) is 12.2. The maximum atomic E-state index is 6.08. The summed E-state index contributed by atoms with van der Waals surface area (Å²) < 4.78 is 5.84. The Hall–Kier alpha value is -1.87. The van der Waals surface area contributed by atoms with Gasteiger partial charge in [-0.3, -0.25) is 4.98 Å². The van der Waals surface area contributed by atoms with Crippen molar-refractivity contribution in [1.82, 2.24) is 4.98 Å². The van der Waals surface area contributed by atoms with Crippen LogP contribution in [-0.2, 0) is 0 Å². The molecule has 0 radical (unpaired) electrons. The van der Waals surface area contributed by atoms with Crippen molar-refractivity contribution in [3.63, 3.8) is 0 Å². The molecule has 3 heteroatoms. The Bertz CT molecular complexity index is 508. The van der Waals surface area contributed by atoms with Crippen molar-refractivity contribution in [2.24, 2.45) is 5.73 Å². The SMILES string of the molecule is CC[C@H](N)c1ccccc1Oc1ccc(C)nc1. The van der Waals surface area contributed by atoms with E-state index in [1.807, 2.05) is 43.3 Å². The van der Waals surface area contributed by atoms with Gasteiger partial charge in [0.05, 0.1) is 6.20 Å². The smallest absolute Gasteiger partial charge is 0.145 e. The maximum Gasteiger partial charge on any atom is 0.145 e. The van der Waals surface area contributed by atoms with Gasteiger partial charge in [-0.1, -0.05) is 25.1 Å². The number of nitrogens with two attached hydrogens (primary N) is 1. The van der Waals surface area contributed by atoms with Crippen molar-refractivity contribution >= 4 is 0 Å². The van der Waals surface area contributed by atoms with Crippen molar-refractivity contribution in [3.8, 4) is 11.5 Å². The average molecular weight is 242 g/mol. The van der Waals surface area contributed by atoms with Crippen LogP contribution in [0.4, 0.5) is 0 Å². The number of ether oxygens (including phenoxy) is 1. The quantitative estimate of drug-likeness (QED) is 0.891. The number of hydrogen-bond acceptors (Lipinski definition) is 3. The molecule has 1 aromatic heterocycles. The Morgan fingerprint density at radius 1 is 1.22 bits per heavy atom. The topological polar surface area (TPSA) is 48.1 Å². The van der Waals surface area contributed by atoms with Gasteiger partial charge >= 0.3 is 0 Å². The molecule has 2 rings (SSSR count). The molecule has 1 aromatic carbocycles. The summed E-state index contributed by atoms with van der Waals surface area (Å²) in [5, 5.41) is 0. The van der Waals surface area contributed by atoms with Crippen molar-refractivity contribution in [2.75, 3.05) is 0 Å². The zero-order chi connectivity index (χ0) is 13.0. The van der Waals surface area contributed by atoms with Crippen LogP contribution in [0, 0.1) is 6.92 Å². The standard InChI is InChI=1S/C15H18N2O/c1-3-14(16)13-6-4-5-7-15(13)18-12-9-8-11(2)17-10-12/h4-10,14H,3,16H2,1-2H3/t14-/m0/s1. The molecule has 0 saturated heterocycles. The van der Waals surface area contributed by atoms with Crippen molar-refractivity contribution < 1.29 is 4.74 Å². The van der Waals surface area contributed by atoms with Gasteiger partial charge in [0.25, 0.3) is 0 Å². The van der Waals surface area contributed by atoms with Crippen LogP contribution in [0.1, 0.15) is 30.6 Å². The second-order valence-electron chi connectivity index (χ2n) is 4.29. The Balaban J connectivity index is 2.26. The highest BCUT2D eigenvalue weighted by Gasteiger charge is 2.10. The minimum atomic E-state index is -0.000363. The monoisotopic (exact) mass is 242 g/mol. The van der Waals surface area contributed by atoms with Gasteiger partial charge in [-0.2, -0.15) is 0 Å². The molecule has 0 saturated carbocycles. The van der Waals surface area contributed by atoms with E-state index in [-0.39, 0.29) is 6.04 Å². The number of aryl methyl sites for hydroxylation is 1. The first-order chi connectivity index (χ1) is 8.70. The van der Waals surface area contributed by atoms with E-state index in [2.05, 4.69) is 11.9 Å². The summed E-state index contributed by atoms with van der Waals surface area (Å²) >= 11 is 0. The lowest BCUT2D eigenvalue weighted by Gasteiger charge is -2.15. The van der Waals surface area contributed by atoms with Gasteiger partial charge in [0.2, 0.25) is 0 Å². The molecule has 0 fully saturated rings. The highest BCUT2D eigenvalue weighted by atomic mass is 16.5. The summed E-state index contributed by atoms with van der Waals surface area (Å²) in [6, 6.07) is 11.7. The number of para-hydroxylation sites is 1. The van der Waals surface area contributed by atoms with E-state index in [0.29, 0.717) is 0 Å². The average Bonchev–Trinajstić information content (AvgIpc) is 2.41. The van der Waals surface area contributed by atoms with Crippen LogP contribution >= 0.6 is 0 Å². The summed E-state index contributed by atoms with van der Waals surface area (Å²) in [7, 11) is 0. The van der Waals surface area contributed by atoms with Gasteiger partial charge in [-0.25, -0.2) is 0 Å². The van der Waals surface area contributed by atoms with Gasteiger partial charge in [0.15, 0.2) is 0 Å². The van der Waals surface area contributed by atoms with Gasteiger partial charge in [-0.15, -0.1) is 0 Å². The van der Waals surface area contributed by atoms with Gasteiger partial charge in [0.1, 0.15) is 11.5 Å². The first-order valence-electron chi connectivity index (χ1n) is 6.15. The molecule has 2 aromatic rings. The number of hydrogen-bond donors (Lipinski definition) is 1. The summed E-state index contributed by atoms with van der Waals surface area (Å²) in [5.74, 6) is 1.54. The minimum Gasteiger partial charge on any atom is -0.455 e. The Labute approximate surface area is 108 Å². The van der Waals surface area contributed by atoms with Crippen LogP contribution in [-0.4, -0.2) is 4.98 Å². The van der Waals surface area contributed by atoms with Gasteiger partial charge in [-0.05, 0) is 31.5 Å². The van der Waals surface area contributed by atoms with E-state index in [4.69, 9.17) is 10.5 Å². The Kier molecular flexibility index (Phi) is 3.95. The molecular weight excluding hydrogens is 224 g/mol. The van der Waals surface area contributed by atoms with Crippen LogP contribution in [0.5, 0.6) is 11.5 Å². The van der Waals surface area contributed by atoms with E-state index >= 15 is 0 Å². The number of rotatable bonds is 4. The molecule has 0 aliphatic rings. The Morgan fingerprint density at radius 2 is 2.00 bits per heavy atom. The first-order valence-corrected chi connectivity index (χ1v) is 6.15. The van der Waals surface area contributed by atoms with E-state index in [9.17, 15) is 0 Å². The van der Waals surface area contributed by atoms with Crippen molar-refractivity contribution in [3.05, 3.63) is 53.9 Å². The molecular formula is C15H18N2O. The molecule has 0 unspecified atom stereocenters. The summed E-state index contributed by atoms with van der Waals surface area (Å²) in [6.07, 6.45) is 2.61. The van der Waals surface area contributed by atoms with Crippen molar-refractivity contribution in [2.45, 2.75) is 26.3 Å². The van der Waals surface area contributed by atoms with Crippen LogP contribution in [0.3, 0.4) is 0 Å². The zero-order valence-corrected chi connectivity index (χ0v) is 10.8. The molecule has 1 heterocycles. The molecule has 0 aliphatic carbocycles. The molecule has 0 bridgehead atoms. The molecule has 94 valence electrons. The van der Waals surface area contributed by atoms with Crippen LogP contribution < -0.4 is 10.5 Å². The predicted molar refractivity (Wildman–Crippen MR) is 72.7 cm³/mol. The molecule has 0 spiro atoms. The highest BCUT2D eigenvalue weighted by Crippen LogP contribution is 2.29. The second kappa shape index (κ2) is 5.65. The fraction of sp³-hybridized carbons (Fsp3) is 0.267. The fourth-order valence-electron chi connectivity index (χ4n) is 1.74. The Morgan fingerprint density at radius 3 is 2.67 bits per heavy atom. The summed E-state index contributed by atoms with van der Waals surface area (Å²) in [5.41, 5.74) is 8.08. The lowest BCUT2D eigenvalue weighted by atomic mass is 10.0. The van der Waals surface area contributed by atoms with Crippen LogP contribution in [0.15, 0.2) is 42.6 Å². The predicted octanol–water partition coefficient (Wildman–Crippen LogP) is 3.59. The van der Waals surface area contributed by atoms with Crippen LogP contribution in [0.25, 0.3) is 0 Å². The molecule has 2 N–H and O–H groups in total. The second-order valence-corrected chi connectivity index (χ2v) is 4.29. The molecule has 1 atom stereocenters. The minimum absolute atomic E-state index is 0.000363. The summed E-state index contributed by atoms with van der Waals surface area (Å²) in [6.45, 7) is 4.01. The number of pyridine rings is 1. The molecule has 3 nitrogen and oxygen atoms in total. The third kappa shape index (κ3) is 2.87. The van der Waals surface area contributed by atoms with E-state index in [1.165, 1.54) is 0 Å². The van der Waals surface area contributed by atoms with E-state index in [1.54, 1.807) is 6.20 Å². The third-order valence-electron chi connectivity index (χ3n) is 2.87. The van der Waals surface area contributed by atoms with Crippen molar-refractivity contribution in [1.29, 1.82) is 0 Å². The lowest BCUT2D eigenvalue weighted by molar-refractivity contribution is 0.466. The lowest BCUT2D eigenvalue weighted by Crippen LogP contribution is -2.09. The van der Waals surface area contributed by atoms with Gasteiger partial charge < -0.3 is 10.5 Å². The first kappa shape index (κ1) is 12.6. The van der Waals surface area contributed by atoms with Crippen LogP contribution in [0.2, 0.25) is 0 Å². The van der Waals surface area contributed by atoms with Gasteiger partial charge in [0, 0.05) is 17.3 Å². The number of aromatic nitrogens is 1. The van der Waals surface area contributed by atoms with E-state index < -0.39 is 0 Å². The zero-order valence-electron chi connectivity index (χ0n) is 10.8. The number of benzene rings is 1. The van der Waals surface area contributed by atoms with E-state index in [0.717, 1.165) is 29.2 Å². The molecule has 0 amide bonds. The highest BCUT2D eigenvalue weighted by molar-refractivity contribution is 5.39.